The molecule has 1 saturated heterocycles. The molecule has 162 valence electrons. The molecule has 3 aromatic rings. The Labute approximate surface area is 225 Å². The van der Waals surface area contributed by atoms with E-state index >= 15 is 4.39 Å². The molecule has 4 rings (SSSR count). The first-order valence-corrected chi connectivity index (χ1v) is 9.23. The van der Waals surface area contributed by atoms with Crippen LogP contribution in [-0.2, 0) is 0 Å². The molecule has 0 amide bonds. The molecule has 2 aromatic heterocycles. The SMILES string of the molecule is Cc1c(F)c(N2CC(O)C2)c(Cl)c2c1c(=O)c(C(=O)[O-])cn2-c1nc(N)c(F)cc1F.[K+]. The number of anilines is 2. The number of nitrogens with zero attached hydrogens (tertiary/aromatic N) is 3. The normalized spacial score (nSPS) is 13.8. The number of β-amino-alcohol motifs (C(OH)–C–C–N with tert-alkyl or cyclic N) is 1. The number of nitrogen functional groups attached to an aromatic ring is 1. The molecule has 0 aliphatic carbocycles. The van der Waals surface area contributed by atoms with Gasteiger partial charge >= 0.3 is 51.4 Å². The van der Waals surface area contributed by atoms with Crippen molar-refractivity contribution in [3.63, 3.8) is 0 Å². The van der Waals surface area contributed by atoms with Crippen molar-refractivity contribution in [2.45, 2.75) is 13.0 Å². The Hall–Kier alpha value is -1.67. The van der Waals surface area contributed by atoms with E-state index in [4.69, 9.17) is 17.3 Å². The zero-order valence-electron chi connectivity index (χ0n) is 16.7. The van der Waals surface area contributed by atoms with Crippen LogP contribution in [0.5, 0.6) is 0 Å². The number of aliphatic hydroxyl groups is 1. The number of halogens is 4. The van der Waals surface area contributed by atoms with Crippen LogP contribution in [0.15, 0.2) is 17.1 Å². The van der Waals surface area contributed by atoms with Crippen molar-refractivity contribution >= 4 is 40.0 Å². The van der Waals surface area contributed by atoms with Crippen molar-refractivity contribution in [3.05, 3.63) is 56.1 Å². The third-order valence-electron chi connectivity index (χ3n) is 5.10. The Bertz CT molecular complexity index is 1350. The fourth-order valence-corrected chi connectivity index (χ4v) is 3.93. The number of aryl methyl sites for hydroxylation is 1. The number of aromatic carboxylic acids is 1. The minimum atomic E-state index is -1.90. The predicted octanol–water partition coefficient (Wildman–Crippen LogP) is -2.10. The number of carboxylic acid groups (broad SMARTS) is 1. The zero-order chi connectivity index (χ0) is 22.8. The van der Waals surface area contributed by atoms with Gasteiger partial charge in [-0.2, -0.15) is 0 Å². The number of carboxylic acids is 1. The molecule has 1 aliphatic rings. The van der Waals surface area contributed by atoms with Gasteiger partial charge in [0.2, 0.25) is 0 Å². The maximum Gasteiger partial charge on any atom is 1.00 e. The second-order valence-electron chi connectivity index (χ2n) is 7.07. The smallest absolute Gasteiger partial charge is 0.545 e. The molecule has 0 spiro atoms. The number of rotatable bonds is 3. The van der Waals surface area contributed by atoms with E-state index in [0.717, 1.165) is 4.57 Å². The number of benzene rings is 1. The number of carbonyl (C=O) groups is 1. The topological polar surface area (TPSA) is 125 Å². The minimum absolute atomic E-state index is 0. The van der Waals surface area contributed by atoms with Gasteiger partial charge in [-0.05, 0) is 6.92 Å². The molecule has 1 aliphatic heterocycles. The van der Waals surface area contributed by atoms with Gasteiger partial charge in [-0.15, -0.1) is 0 Å². The van der Waals surface area contributed by atoms with E-state index in [0.29, 0.717) is 12.3 Å². The fraction of sp³-hybridized carbons (Fsp3) is 0.211. The van der Waals surface area contributed by atoms with E-state index in [1.807, 2.05) is 0 Å². The van der Waals surface area contributed by atoms with E-state index in [9.17, 15) is 28.6 Å². The third kappa shape index (κ3) is 3.83. The van der Waals surface area contributed by atoms with E-state index in [-0.39, 0.29) is 86.3 Å². The van der Waals surface area contributed by atoms with Gasteiger partial charge < -0.3 is 25.6 Å². The first-order chi connectivity index (χ1) is 14.5. The molecule has 0 radical (unpaired) electrons. The molecule has 13 heteroatoms. The molecule has 8 nitrogen and oxygen atoms in total. The molecule has 1 aromatic carbocycles. The van der Waals surface area contributed by atoms with Crippen LogP contribution in [0.3, 0.4) is 0 Å². The number of hydrogen-bond acceptors (Lipinski definition) is 7. The van der Waals surface area contributed by atoms with Gasteiger partial charge in [0.25, 0.3) is 0 Å². The van der Waals surface area contributed by atoms with Gasteiger partial charge in [0, 0.05) is 30.9 Å². The Kier molecular flexibility index (Phi) is 6.97. The molecule has 3 N–H and O–H groups in total. The number of hydrogen-bond donors (Lipinski definition) is 2. The van der Waals surface area contributed by atoms with Crippen molar-refractivity contribution in [1.82, 2.24) is 9.55 Å². The summed E-state index contributed by atoms with van der Waals surface area (Å²) in [4.78, 5) is 29.3. The summed E-state index contributed by atoms with van der Waals surface area (Å²) in [6.07, 6.45) is -0.00843. The molecule has 0 bridgehead atoms. The first kappa shape index (κ1) is 25.0. The maximum atomic E-state index is 15.2. The number of aromatic nitrogens is 2. The molecule has 0 saturated carbocycles. The molecule has 3 heterocycles. The van der Waals surface area contributed by atoms with Gasteiger partial charge in [-0.1, -0.05) is 11.6 Å². The Morgan fingerprint density at radius 2 is 1.94 bits per heavy atom. The van der Waals surface area contributed by atoms with E-state index in [1.165, 1.54) is 11.8 Å². The first-order valence-electron chi connectivity index (χ1n) is 8.86. The number of aliphatic hydroxyl groups excluding tert-OH is 1. The summed E-state index contributed by atoms with van der Waals surface area (Å²) in [5.74, 6) is -6.55. The zero-order valence-corrected chi connectivity index (χ0v) is 20.6. The summed E-state index contributed by atoms with van der Waals surface area (Å²) in [6, 6.07) is 0.428. The van der Waals surface area contributed by atoms with Gasteiger partial charge in [0.05, 0.1) is 39.2 Å². The summed E-state index contributed by atoms with van der Waals surface area (Å²) in [7, 11) is 0. The van der Waals surface area contributed by atoms with Gasteiger partial charge in [-0.3, -0.25) is 9.36 Å². The Morgan fingerprint density at radius 1 is 1.31 bits per heavy atom. The van der Waals surface area contributed by atoms with Crippen molar-refractivity contribution in [3.8, 4) is 5.82 Å². The summed E-state index contributed by atoms with van der Waals surface area (Å²) in [5, 5.41) is 20.3. The maximum absolute atomic E-state index is 15.2. The third-order valence-corrected chi connectivity index (χ3v) is 5.46. The standard InChI is InChI=1S/C19H14ClF3N4O4.K/c1-6-11-14(12(20)15(13(6)23)26-3-7(28)4-26)27(5-8(16(11)29)19(30)31)18-10(22)2-9(21)17(24)25-18;/h2,5,7,28H,3-4H2,1H3,(H2,24,25)(H,30,31);/q;+1/p-1. The molecular formula is C19H13ClF3KN4O4. The van der Waals surface area contributed by atoms with Crippen molar-refractivity contribution in [2.24, 2.45) is 0 Å². The van der Waals surface area contributed by atoms with Crippen molar-refractivity contribution < 1.29 is 79.6 Å². The average molecular weight is 493 g/mol. The van der Waals surface area contributed by atoms with Crippen molar-refractivity contribution in [1.29, 1.82) is 0 Å². The Balaban J connectivity index is 0.00000289. The van der Waals surface area contributed by atoms with Crippen LogP contribution < -0.4 is 72.6 Å². The monoisotopic (exact) mass is 492 g/mol. The summed E-state index contributed by atoms with van der Waals surface area (Å²) in [6.45, 7) is 1.33. The summed E-state index contributed by atoms with van der Waals surface area (Å²) in [5.41, 5.74) is 2.73. The van der Waals surface area contributed by atoms with Crippen LogP contribution in [0.25, 0.3) is 16.7 Å². The van der Waals surface area contributed by atoms with Gasteiger partial charge in [-0.25, -0.2) is 18.2 Å². The van der Waals surface area contributed by atoms with Gasteiger partial charge in [0.1, 0.15) is 0 Å². The van der Waals surface area contributed by atoms with Crippen LogP contribution in [0.1, 0.15) is 15.9 Å². The average Bonchev–Trinajstić information content (AvgIpc) is 2.67. The molecule has 32 heavy (non-hydrogen) atoms. The minimum Gasteiger partial charge on any atom is -0.545 e. The molecule has 0 atom stereocenters. The molecular weight excluding hydrogens is 480 g/mol. The molecule has 0 unspecified atom stereocenters. The van der Waals surface area contributed by atoms with Crippen LogP contribution in [0.2, 0.25) is 5.02 Å². The fourth-order valence-electron chi connectivity index (χ4n) is 3.54. The largest absolute Gasteiger partial charge is 1.00 e. The summed E-state index contributed by atoms with van der Waals surface area (Å²) >= 11 is 6.41. The number of fused-ring (bicyclic) bond motifs is 1. The van der Waals surface area contributed by atoms with Crippen molar-refractivity contribution in [2.75, 3.05) is 23.7 Å². The Morgan fingerprint density at radius 3 is 2.50 bits per heavy atom. The van der Waals surface area contributed by atoms with E-state index < -0.39 is 57.5 Å². The van der Waals surface area contributed by atoms with Crippen LogP contribution in [0, 0.1) is 24.4 Å². The molecule has 1 fully saturated rings. The van der Waals surface area contributed by atoms with Gasteiger partial charge in [0.15, 0.2) is 34.5 Å². The second-order valence-corrected chi connectivity index (χ2v) is 7.45. The summed E-state index contributed by atoms with van der Waals surface area (Å²) < 4.78 is 44.2. The quantitative estimate of drug-likeness (QED) is 0.401. The van der Waals surface area contributed by atoms with E-state index in [1.54, 1.807) is 0 Å². The number of carbonyl (C=O) groups excluding carboxylic acids is 1. The number of pyridine rings is 2. The van der Waals surface area contributed by atoms with Crippen LogP contribution >= 0.6 is 11.6 Å². The van der Waals surface area contributed by atoms with Crippen LogP contribution in [-0.4, -0.2) is 39.8 Å². The predicted molar refractivity (Wildman–Crippen MR) is 104 cm³/mol. The number of nitrogens with two attached hydrogens (primary N) is 1. The van der Waals surface area contributed by atoms with Crippen LogP contribution in [0.4, 0.5) is 24.7 Å². The van der Waals surface area contributed by atoms with E-state index in [2.05, 4.69) is 4.98 Å². The second kappa shape index (κ2) is 8.93.